The van der Waals surface area contributed by atoms with Crippen molar-refractivity contribution in [3.05, 3.63) is 0 Å². The summed E-state index contributed by atoms with van der Waals surface area (Å²) in [6.07, 6.45) is 3.98. The van der Waals surface area contributed by atoms with Gasteiger partial charge in [0.25, 0.3) is 0 Å². The van der Waals surface area contributed by atoms with Crippen LogP contribution in [0.4, 0.5) is 0 Å². The van der Waals surface area contributed by atoms with Gasteiger partial charge < -0.3 is 5.32 Å². The third-order valence-electron chi connectivity index (χ3n) is 2.93. The molecule has 2 unspecified atom stereocenters. The van der Waals surface area contributed by atoms with Crippen molar-refractivity contribution in [2.75, 3.05) is 6.54 Å². The van der Waals surface area contributed by atoms with Gasteiger partial charge in [-0.05, 0) is 45.6 Å². The lowest BCUT2D eigenvalue weighted by Crippen LogP contribution is -2.39. The maximum absolute atomic E-state index is 3.60. The van der Waals surface area contributed by atoms with Crippen molar-refractivity contribution in [1.82, 2.24) is 5.32 Å². The molecular weight excluding hydrogens is 170 g/mol. The monoisotopic (exact) mass is 199 g/mol. The highest BCUT2D eigenvalue weighted by Gasteiger charge is 2.14. The molecule has 0 aliphatic heterocycles. The van der Waals surface area contributed by atoms with E-state index in [1.54, 1.807) is 0 Å². The fourth-order valence-electron chi connectivity index (χ4n) is 1.58. The van der Waals surface area contributed by atoms with E-state index >= 15 is 0 Å². The van der Waals surface area contributed by atoms with Crippen LogP contribution in [0.15, 0.2) is 0 Å². The summed E-state index contributed by atoms with van der Waals surface area (Å²) in [5, 5.41) is 3.60. The molecule has 1 N–H and O–H groups in total. The Bertz CT molecular complexity index is 135. The van der Waals surface area contributed by atoms with Gasteiger partial charge in [-0.1, -0.05) is 33.6 Å². The molecule has 0 fully saturated rings. The average Bonchev–Trinajstić information content (AvgIpc) is 2.10. The van der Waals surface area contributed by atoms with Gasteiger partial charge in [0.15, 0.2) is 0 Å². The van der Waals surface area contributed by atoms with Crippen molar-refractivity contribution < 1.29 is 0 Å². The molecule has 0 aromatic heterocycles. The van der Waals surface area contributed by atoms with E-state index in [-0.39, 0.29) is 5.54 Å². The number of hydrogen-bond donors (Lipinski definition) is 1. The molecule has 0 rings (SSSR count). The number of hydrogen-bond acceptors (Lipinski definition) is 1. The summed E-state index contributed by atoms with van der Waals surface area (Å²) in [6, 6.07) is 0. The Balaban J connectivity index is 3.80. The lowest BCUT2D eigenvalue weighted by Gasteiger charge is -2.26. The van der Waals surface area contributed by atoms with Crippen LogP contribution in [0.2, 0.25) is 0 Å². The van der Waals surface area contributed by atoms with Crippen LogP contribution in [0.1, 0.15) is 60.8 Å². The Labute approximate surface area is 90.7 Å². The molecule has 2 atom stereocenters. The number of nitrogens with one attached hydrogen (secondary N) is 1. The Kier molecular flexibility index (Phi) is 6.43. The maximum atomic E-state index is 3.60. The van der Waals surface area contributed by atoms with Gasteiger partial charge in [0.1, 0.15) is 0 Å². The predicted octanol–water partition coefficient (Wildman–Crippen LogP) is 3.84. The quantitative estimate of drug-likeness (QED) is 0.685. The molecule has 1 heteroatoms. The van der Waals surface area contributed by atoms with Crippen LogP contribution in [0, 0.1) is 11.8 Å². The van der Waals surface area contributed by atoms with Crippen LogP contribution in [-0.4, -0.2) is 12.1 Å². The molecule has 1 nitrogen and oxygen atoms in total. The van der Waals surface area contributed by atoms with Crippen molar-refractivity contribution >= 4 is 0 Å². The minimum atomic E-state index is 0.267. The van der Waals surface area contributed by atoms with E-state index < -0.39 is 0 Å². The zero-order chi connectivity index (χ0) is 11.2. The fourth-order valence-corrected chi connectivity index (χ4v) is 1.58. The smallest absolute Gasteiger partial charge is 0.00966 e. The average molecular weight is 199 g/mol. The molecule has 0 aromatic carbocycles. The molecule has 0 aliphatic rings. The summed E-state index contributed by atoms with van der Waals surface area (Å²) in [5.74, 6) is 1.73. The van der Waals surface area contributed by atoms with Crippen LogP contribution in [0.25, 0.3) is 0 Å². The van der Waals surface area contributed by atoms with Crippen molar-refractivity contribution in [2.45, 2.75) is 66.3 Å². The Morgan fingerprint density at radius 2 is 1.64 bits per heavy atom. The number of rotatable bonds is 6. The van der Waals surface area contributed by atoms with Crippen molar-refractivity contribution in [1.29, 1.82) is 0 Å². The van der Waals surface area contributed by atoms with E-state index in [1.165, 1.54) is 25.8 Å². The highest BCUT2D eigenvalue weighted by molar-refractivity contribution is 4.73. The van der Waals surface area contributed by atoms with E-state index in [0.717, 1.165) is 11.8 Å². The third-order valence-corrected chi connectivity index (χ3v) is 2.93. The lowest BCUT2D eigenvalue weighted by molar-refractivity contribution is 0.316. The molecule has 0 spiro atoms. The Morgan fingerprint density at radius 3 is 2.00 bits per heavy atom. The maximum Gasteiger partial charge on any atom is 0.00966 e. The minimum Gasteiger partial charge on any atom is -0.312 e. The predicted molar refractivity (Wildman–Crippen MR) is 65.6 cm³/mol. The van der Waals surface area contributed by atoms with E-state index in [9.17, 15) is 0 Å². The van der Waals surface area contributed by atoms with Gasteiger partial charge in [-0.15, -0.1) is 0 Å². The van der Waals surface area contributed by atoms with Gasteiger partial charge in [0, 0.05) is 5.54 Å². The topological polar surface area (TPSA) is 12.0 Å². The summed E-state index contributed by atoms with van der Waals surface area (Å²) >= 11 is 0. The molecule has 0 saturated heterocycles. The highest BCUT2D eigenvalue weighted by atomic mass is 14.9. The summed E-state index contributed by atoms with van der Waals surface area (Å²) < 4.78 is 0. The van der Waals surface area contributed by atoms with E-state index in [1.807, 2.05) is 0 Å². The second-order valence-electron chi connectivity index (χ2n) is 5.65. The molecule has 0 saturated carbocycles. The van der Waals surface area contributed by atoms with Crippen LogP contribution < -0.4 is 5.32 Å². The molecule has 0 radical (unpaired) electrons. The summed E-state index contributed by atoms with van der Waals surface area (Å²) in [7, 11) is 0. The largest absolute Gasteiger partial charge is 0.312 e. The SMILES string of the molecule is CCC(C)CC(CC)CNC(C)(C)C. The zero-order valence-corrected chi connectivity index (χ0v) is 11.0. The third kappa shape index (κ3) is 7.37. The van der Waals surface area contributed by atoms with Crippen molar-refractivity contribution in [3.8, 4) is 0 Å². The second-order valence-corrected chi connectivity index (χ2v) is 5.65. The minimum absolute atomic E-state index is 0.267. The lowest BCUT2D eigenvalue weighted by atomic mass is 9.91. The van der Waals surface area contributed by atoms with Crippen LogP contribution >= 0.6 is 0 Å². The van der Waals surface area contributed by atoms with Crippen LogP contribution in [0.3, 0.4) is 0 Å². The standard InChI is InChI=1S/C13H29N/c1-7-11(3)9-12(8-2)10-14-13(4,5)6/h11-12,14H,7-10H2,1-6H3. The fraction of sp³-hybridized carbons (Fsp3) is 1.00. The van der Waals surface area contributed by atoms with Gasteiger partial charge in [0.05, 0.1) is 0 Å². The molecule has 0 aromatic rings. The first-order valence-corrected chi connectivity index (χ1v) is 6.14. The molecule has 0 heterocycles. The Hall–Kier alpha value is -0.0400. The highest BCUT2D eigenvalue weighted by Crippen LogP contribution is 2.18. The molecule has 0 amide bonds. The van der Waals surface area contributed by atoms with Crippen LogP contribution in [0.5, 0.6) is 0 Å². The molecular formula is C13H29N. The normalized spacial score (nSPS) is 16.7. The molecule has 0 aliphatic carbocycles. The first-order valence-electron chi connectivity index (χ1n) is 6.14. The zero-order valence-electron chi connectivity index (χ0n) is 11.0. The van der Waals surface area contributed by atoms with Gasteiger partial charge in [0.2, 0.25) is 0 Å². The first-order chi connectivity index (χ1) is 6.39. The summed E-state index contributed by atoms with van der Waals surface area (Å²) in [5.41, 5.74) is 0.267. The van der Waals surface area contributed by atoms with Crippen molar-refractivity contribution in [3.63, 3.8) is 0 Å². The van der Waals surface area contributed by atoms with E-state index in [0.29, 0.717) is 0 Å². The van der Waals surface area contributed by atoms with Gasteiger partial charge in [-0.3, -0.25) is 0 Å². The molecule has 14 heavy (non-hydrogen) atoms. The van der Waals surface area contributed by atoms with E-state index in [4.69, 9.17) is 0 Å². The van der Waals surface area contributed by atoms with Gasteiger partial charge in [-0.25, -0.2) is 0 Å². The first kappa shape index (κ1) is 14.0. The van der Waals surface area contributed by atoms with Gasteiger partial charge in [-0.2, -0.15) is 0 Å². The summed E-state index contributed by atoms with van der Waals surface area (Å²) in [4.78, 5) is 0. The van der Waals surface area contributed by atoms with Crippen LogP contribution in [-0.2, 0) is 0 Å². The molecule has 0 bridgehead atoms. The van der Waals surface area contributed by atoms with Crippen molar-refractivity contribution in [2.24, 2.45) is 11.8 Å². The Morgan fingerprint density at radius 1 is 1.07 bits per heavy atom. The second kappa shape index (κ2) is 6.44. The summed E-state index contributed by atoms with van der Waals surface area (Å²) in [6.45, 7) is 14.8. The molecule has 86 valence electrons. The van der Waals surface area contributed by atoms with E-state index in [2.05, 4.69) is 46.9 Å². The van der Waals surface area contributed by atoms with Gasteiger partial charge >= 0.3 is 0 Å².